The van der Waals surface area contributed by atoms with Crippen LogP contribution in [0.4, 0.5) is 5.69 Å². The molecule has 4 aliphatic rings. The highest BCUT2D eigenvalue weighted by molar-refractivity contribution is 5.86. The van der Waals surface area contributed by atoms with Crippen LogP contribution in [-0.2, 0) is 12.8 Å². The number of allylic oxidation sites excluding steroid dienone is 11. The highest BCUT2D eigenvalue weighted by Gasteiger charge is 2.30. The second kappa shape index (κ2) is 7.74. The van der Waals surface area contributed by atoms with E-state index in [9.17, 15) is 0 Å². The maximum Gasteiger partial charge on any atom is 0.0452 e. The fraction of sp³-hybridized carbons (Fsp3) is 0.200. The van der Waals surface area contributed by atoms with Gasteiger partial charge in [-0.2, -0.15) is 0 Å². The Labute approximate surface area is 185 Å². The molecule has 0 aromatic heterocycles. The third-order valence-corrected chi connectivity index (χ3v) is 7.08. The Morgan fingerprint density at radius 3 is 2.68 bits per heavy atom. The highest BCUT2D eigenvalue weighted by Crippen LogP contribution is 2.45. The first kappa shape index (κ1) is 18.4. The maximum absolute atomic E-state index is 2.47. The molecule has 3 aliphatic carbocycles. The van der Waals surface area contributed by atoms with Gasteiger partial charge in [0.25, 0.3) is 0 Å². The summed E-state index contributed by atoms with van der Waals surface area (Å²) in [5.74, 6) is 0.423. The lowest BCUT2D eigenvalue weighted by molar-refractivity contribution is 0.597. The number of hydrogen-bond acceptors (Lipinski definition) is 1. The number of anilines is 1. The third kappa shape index (κ3) is 3.16. The lowest BCUT2D eigenvalue weighted by Gasteiger charge is -2.36. The smallest absolute Gasteiger partial charge is 0.0452 e. The van der Waals surface area contributed by atoms with Crippen LogP contribution < -0.4 is 4.90 Å². The largest absolute Gasteiger partial charge is 0.320 e. The Morgan fingerprint density at radius 1 is 0.806 bits per heavy atom. The molecular weight excluding hydrogens is 374 g/mol. The summed E-state index contributed by atoms with van der Waals surface area (Å²) in [4.78, 5) is 2.38. The molecule has 2 aromatic carbocycles. The third-order valence-electron chi connectivity index (χ3n) is 7.08. The molecule has 0 saturated carbocycles. The number of hydrogen-bond donors (Lipinski definition) is 0. The van der Waals surface area contributed by atoms with Gasteiger partial charge in [-0.3, -0.25) is 0 Å². The zero-order valence-electron chi connectivity index (χ0n) is 17.8. The van der Waals surface area contributed by atoms with E-state index in [4.69, 9.17) is 0 Å². The molecule has 0 radical (unpaired) electrons. The van der Waals surface area contributed by atoms with E-state index in [1.165, 1.54) is 52.9 Å². The number of fused-ring (bicyclic) bond motifs is 5. The molecule has 1 aliphatic heterocycles. The Kier molecular flexibility index (Phi) is 4.61. The molecule has 0 N–H and O–H groups in total. The molecule has 6 rings (SSSR count). The van der Waals surface area contributed by atoms with Crippen LogP contribution in [0.2, 0.25) is 0 Å². The highest BCUT2D eigenvalue weighted by atomic mass is 15.1. The average Bonchev–Trinajstić information content (AvgIpc) is 3.10. The van der Waals surface area contributed by atoms with Crippen LogP contribution in [-0.4, -0.2) is 0 Å². The van der Waals surface area contributed by atoms with Crippen molar-refractivity contribution >= 4 is 11.3 Å². The van der Waals surface area contributed by atoms with Crippen molar-refractivity contribution in [3.05, 3.63) is 131 Å². The topological polar surface area (TPSA) is 3.24 Å². The van der Waals surface area contributed by atoms with E-state index in [-0.39, 0.29) is 0 Å². The Morgan fingerprint density at radius 2 is 1.74 bits per heavy atom. The normalized spacial score (nSPS) is 21.4. The molecule has 1 atom stereocenters. The monoisotopic (exact) mass is 401 g/mol. The number of nitrogens with zero attached hydrogens (tertiary/aromatic N) is 1. The van der Waals surface area contributed by atoms with Crippen LogP contribution in [0, 0.1) is 0 Å². The molecule has 1 nitrogen and oxygen atoms in total. The lowest BCUT2D eigenvalue weighted by atomic mass is 9.73. The fourth-order valence-electron chi connectivity index (χ4n) is 5.65. The molecule has 31 heavy (non-hydrogen) atoms. The molecule has 1 heterocycles. The van der Waals surface area contributed by atoms with Gasteiger partial charge in [-0.15, -0.1) is 0 Å². The quantitative estimate of drug-likeness (QED) is 0.506. The molecule has 0 amide bonds. The van der Waals surface area contributed by atoms with E-state index in [0.717, 1.165) is 12.8 Å². The van der Waals surface area contributed by atoms with Crippen molar-refractivity contribution in [3.8, 4) is 0 Å². The van der Waals surface area contributed by atoms with Gasteiger partial charge in [0.05, 0.1) is 0 Å². The number of benzene rings is 2. The molecule has 0 saturated heterocycles. The molecule has 152 valence electrons. The molecule has 0 fully saturated rings. The Balaban J connectivity index is 1.45. The molecule has 0 spiro atoms. The van der Waals surface area contributed by atoms with Gasteiger partial charge in [0, 0.05) is 23.5 Å². The summed E-state index contributed by atoms with van der Waals surface area (Å²) in [5, 5.41) is 0. The van der Waals surface area contributed by atoms with Crippen molar-refractivity contribution in [2.45, 2.75) is 38.0 Å². The predicted octanol–water partition coefficient (Wildman–Crippen LogP) is 7.41. The summed E-state index contributed by atoms with van der Waals surface area (Å²) in [6.45, 7) is 0. The van der Waals surface area contributed by atoms with E-state index in [1.807, 2.05) is 0 Å². The van der Waals surface area contributed by atoms with Gasteiger partial charge in [0.2, 0.25) is 0 Å². The standard InChI is InChI=1S/C30H27N/c1-3-11-23(12-4-1)31-21-8-2-5-16-30(31)29-15-9-14-25-27-18-17-22-10-6-7-13-24(22)26(27)19-20-28(25)29/h1-8,11-13,16-17,19-21,29H,9-10,14-15,18H2. The predicted molar refractivity (Wildman–Crippen MR) is 131 cm³/mol. The van der Waals surface area contributed by atoms with Gasteiger partial charge in [-0.25, -0.2) is 0 Å². The van der Waals surface area contributed by atoms with Crippen molar-refractivity contribution in [3.63, 3.8) is 0 Å². The molecular formula is C30H27N. The summed E-state index contributed by atoms with van der Waals surface area (Å²) in [6, 6.07) is 15.6. The number of rotatable bonds is 2. The maximum atomic E-state index is 2.47. The van der Waals surface area contributed by atoms with Gasteiger partial charge >= 0.3 is 0 Å². The average molecular weight is 402 g/mol. The van der Waals surface area contributed by atoms with Crippen molar-refractivity contribution in [2.75, 3.05) is 4.90 Å². The molecule has 1 unspecified atom stereocenters. The second-order valence-electron chi connectivity index (χ2n) is 8.77. The van der Waals surface area contributed by atoms with Gasteiger partial charge in [-0.05, 0) is 89.8 Å². The van der Waals surface area contributed by atoms with Crippen LogP contribution in [0.3, 0.4) is 0 Å². The van der Waals surface area contributed by atoms with Crippen LogP contribution in [0.25, 0.3) is 5.57 Å². The summed E-state index contributed by atoms with van der Waals surface area (Å²) in [5.41, 5.74) is 11.7. The van der Waals surface area contributed by atoms with E-state index in [2.05, 4.69) is 102 Å². The minimum absolute atomic E-state index is 0.423. The van der Waals surface area contributed by atoms with Crippen LogP contribution in [0.5, 0.6) is 0 Å². The first-order valence-electron chi connectivity index (χ1n) is 11.5. The lowest BCUT2D eigenvalue weighted by Crippen LogP contribution is -2.24. The van der Waals surface area contributed by atoms with Crippen LogP contribution >= 0.6 is 0 Å². The summed E-state index contributed by atoms with van der Waals surface area (Å²) in [6.07, 6.45) is 26.1. The van der Waals surface area contributed by atoms with E-state index in [0.29, 0.717) is 5.92 Å². The van der Waals surface area contributed by atoms with Crippen molar-refractivity contribution in [1.82, 2.24) is 0 Å². The van der Waals surface area contributed by atoms with Crippen LogP contribution in [0.1, 0.15) is 47.4 Å². The van der Waals surface area contributed by atoms with Crippen LogP contribution in [0.15, 0.2) is 109 Å². The minimum atomic E-state index is 0.423. The van der Waals surface area contributed by atoms with Gasteiger partial charge < -0.3 is 4.90 Å². The molecule has 0 bridgehead atoms. The zero-order valence-corrected chi connectivity index (χ0v) is 17.8. The van der Waals surface area contributed by atoms with Gasteiger partial charge in [0.1, 0.15) is 0 Å². The SMILES string of the molecule is C1=CC=C(C2CCCc3c2ccc2c3CC=C3CC=CC=C32)N(c2ccccc2)C=C1. The van der Waals surface area contributed by atoms with Crippen molar-refractivity contribution < 1.29 is 0 Å². The minimum Gasteiger partial charge on any atom is -0.320 e. The summed E-state index contributed by atoms with van der Waals surface area (Å²) < 4.78 is 0. The van der Waals surface area contributed by atoms with E-state index in [1.54, 1.807) is 11.1 Å². The second-order valence-corrected chi connectivity index (χ2v) is 8.77. The first-order valence-corrected chi connectivity index (χ1v) is 11.5. The molecule has 1 heteroatoms. The van der Waals surface area contributed by atoms with Gasteiger partial charge in [0.15, 0.2) is 0 Å². The summed E-state index contributed by atoms with van der Waals surface area (Å²) >= 11 is 0. The fourth-order valence-corrected chi connectivity index (χ4v) is 5.65. The number of para-hydroxylation sites is 1. The summed E-state index contributed by atoms with van der Waals surface area (Å²) in [7, 11) is 0. The van der Waals surface area contributed by atoms with Gasteiger partial charge in [-0.1, -0.05) is 66.8 Å². The zero-order chi connectivity index (χ0) is 20.6. The molecule has 2 aromatic rings. The first-order chi connectivity index (χ1) is 15.4. The van der Waals surface area contributed by atoms with E-state index < -0.39 is 0 Å². The Bertz CT molecular complexity index is 1200. The van der Waals surface area contributed by atoms with Crippen molar-refractivity contribution in [2.24, 2.45) is 0 Å². The van der Waals surface area contributed by atoms with Crippen molar-refractivity contribution in [1.29, 1.82) is 0 Å². The Hall–Kier alpha value is -3.32. The van der Waals surface area contributed by atoms with E-state index >= 15 is 0 Å².